The molecule has 0 atom stereocenters. The van der Waals surface area contributed by atoms with Crippen molar-refractivity contribution < 1.29 is 9.59 Å². The van der Waals surface area contributed by atoms with Gasteiger partial charge in [-0.25, -0.2) is 0 Å². The van der Waals surface area contributed by atoms with E-state index in [9.17, 15) is 9.59 Å². The van der Waals surface area contributed by atoms with Crippen LogP contribution in [0.5, 0.6) is 0 Å². The van der Waals surface area contributed by atoms with Gasteiger partial charge in [-0.2, -0.15) is 0 Å². The van der Waals surface area contributed by atoms with Crippen molar-refractivity contribution in [1.82, 2.24) is 10.2 Å². The van der Waals surface area contributed by atoms with Crippen molar-refractivity contribution in [2.75, 3.05) is 13.1 Å². The Balaban J connectivity index is 1.33. The van der Waals surface area contributed by atoms with Crippen molar-refractivity contribution >= 4 is 27.7 Å². The van der Waals surface area contributed by atoms with Crippen LogP contribution in [0.4, 0.5) is 0 Å². The van der Waals surface area contributed by atoms with Gasteiger partial charge in [0, 0.05) is 36.9 Å². The molecule has 0 radical (unpaired) electrons. The summed E-state index contributed by atoms with van der Waals surface area (Å²) in [5.41, 5.74) is 3.73. The average Bonchev–Trinajstić information content (AvgIpc) is 2.70. The molecular formula is C22H25BrN2O2. The fourth-order valence-electron chi connectivity index (χ4n) is 3.37. The molecule has 0 saturated heterocycles. The number of benzene rings is 2. The number of hydrogen-bond donors (Lipinski definition) is 1. The molecule has 0 spiro atoms. The quantitative estimate of drug-likeness (QED) is 0.680. The van der Waals surface area contributed by atoms with Gasteiger partial charge in [-0.05, 0) is 42.0 Å². The van der Waals surface area contributed by atoms with Crippen LogP contribution < -0.4 is 5.32 Å². The van der Waals surface area contributed by atoms with Crippen LogP contribution in [0.2, 0.25) is 0 Å². The maximum absolute atomic E-state index is 12.4. The van der Waals surface area contributed by atoms with E-state index in [0.29, 0.717) is 38.8 Å². The van der Waals surface area contributed by atoms with Gasteiger partial charge in [-0.1, -0.05) is 58.4 Å². The highest BCUT2D eigenvalue weighted by Gasteiger charge is 2.19. The van der Waals surface area contributed by atoms with E-state index in [2.05, 4.69) is 39.4 Å². The Morgan fingerprint density at radius 2 is 1.74 bits per heavy atom. The van der Waals surface area contributed by atoms with Crippen LogP contribution in [0, 0.1) is 0 Å². The zero-order valence-corrected chi connectivity index (χ0v) is 17.0. The molecule has 2 aromatic carbocycles. The topological polar surface area (TPSA) is 49.4 Å². The van der Waals surface area contributed by atoms with Crippen molar-refractivity contribution in [3.63, 3.8) is 0 Å². The molecular weight excluding hydrogens is 404 g/mol. The fourth-order valence-corrected chi connectivity index (χ4v) is 3.85. The minimum Gasteiger partial charge on any atom is -0.356 e. The van der Waals surface area contributed by atoms with Gasteiger partial charge < -0.3 is 10.2 Å². The highest BCUT2D eigenvalue weighted by Crippen LogP contribution is 2.19. The summed E-state index contributed by atoms with van der Waals surface area (Å²) < 4.78 is 1.03. The van der Waals surface area contributed by atoms with Crippen LogP contribution in [0.25, 0.3) is 0 Å². The van der Waals surface area contributed by atoms with Gasteiger partial charge in [-0.3, -0.25) is 9.59 Å². The Hall–Kier alpha value is -2.14. The average molecular weight is 429 g/mol. The molecule has 142 valence electrons. The summed E-state index contributed by atoms with van der Waals surface area (Å²) in [6, 6.07) is 16.3. The van der Waals surface area contributed by atoms with Crippen molar-refractivity contribution in [3.05, 3.63) is 69.7 Å². The third-order valence-electron chi connectivity index (χ3n) is 4.95. The van der Waals surface area contributed by atoms with Gasteiger partial charge in [0.05, 0.1) is 0 Å². The van der Waals surface area contributed by atoms with Crippen LogP contribution in [-0.4, -0.2) is 29.8 Å². The molecule has 4 nitrogen and oxygen atoms in total. The SMILES string of the molecule is O=C(CCc1ccccc1Br)NCCCC(=O)N1CCc2ccccc2C1. The van der Waals surface area contributed by atoms with E-state index in [1.165, 1.54) is 11.1 Å². The second-order valence-electron chi connectivity index (χ2n) is 6.88. The molecule has 2 aromatic rings. The van der Waals surface area contributed by atoms with Crippen LogP contribution in [0.1, 0.15) is 36.0 Å². The van der Waals surface area contributed by atoms with Gasteiger partial charge in [0.25, 0.3) is 0 Å². The largest absolute Gasteiger partial charge is 0.356 e. The van der Waals surface area contributed by atoms with Crippen molar-refractivity contribution in [2.45, 2.75) is 38.6 Å². The number of amides is 2. The molecule has 0 aromatic heterocycles. The molecule has 1 N–H and O–H groups in total. The summed E-state index contributed by atoms with van der Waals surface area (Å²) in [7, 11) is 0. The van der Waals surface area contributed by atoms with Gasteiger partial charge >= 0.3 is 0 Å². The summed E-state index contributed by atoms with van der Waals surface area (Å²) in [6.45, 7) is 2.03. The first-order valence-electron chi connectivity index (χ1n) is 9.48. The highest BCUT2D eigenvalue weighted by molar-refractivity contribution is 9.10. The Labute approximate surface area is 169 Å². The Morgan fingerprint density at radius 3 is 2.56 bits per heavy atom. The minimum absolute atomic E-state index is 0.0325. The molecule has 0 bridgehead atoms. The second kappa shape index (κ2) is 9.70. The van der Waals surface area contributed by atoms with E-state index in [4.69, 9.17) is 0 Å². The zero-order chi connectivity index (χ0) is 19.1. The smallest absolute Gasteiger partial charge is 0.222 e. The lowest BCUT2D eigenvalue weighted by atomic mass is 9.99. The van der Waals surface area contributed by atoms with Gasteiger partial charge in [-0.15, -0.1) is 0 Å². The third-order valence-corrected chi connectivity index (χ3v) is 5.73. The molecule has 1 aliphatic heterocycles. The van der Waals surface area contributed by atoms with E-state index < -0.39 is 0 Å². The Bertz CT molecular complexity index is 806. The number of hydrogen-bond acceptors (Lipinski definition) is 2. The number of nitrogens with zero attached hydrogens (tertiary/aromatic N) is 1. The molecule has 0 fully saturated rings. The maximum atomic E-state index is 12.4. The summed E-state index contributed by atoms with van der Waals surface area (Å²) in [4.78, 5) is 26.3. The number of nitrogens with one attached hydrogen (secondary N) is 1. The second-order valence-corrected chi connectivity index (χ2v) is 7.73. The van der Waals surface area contributed by atoms with E-state index >= 15 is 0 Å². The normalized spacial score (nSPS) is 13.1. The molecule has 1 aliphatic rings. The maximum Gasteiger partial charge on any atom is 0.222 e. The first-order chi connectivity index (χ1) is 13.1. The van der Waals surface area contributed by atoms with Crippen LogP contribution in [-0.2, 0) is 29.0 Å². The summed E-state index contributed by atoms with van der Waals surface area (Å²) in [6.07, 6.45) is 3.25. The minimum atomic E-state index is 0.0325. The monoisotopic (exact) mass is 428 g/mol. The van der Waals surface area contributed by atoms with Crippen LogP contribution in [0.3, 0.4) is 0 Å². The van der Waals surface area contributed by atoms with Crippen LogP contribution >= 0.6 is 15.9 Å². The van der Waals surface area contributed by atoms with E-state index in [0.717, 1.165) is 23.0 Å². The van der Waals surface area contributed by atoms with Gasteiger partial charge in [0.15, 0.2) is 0 Å². The van der Waals surface area contributed by atoms with E-state index in [1.807, 2.05) is 35.2 Å². The van der Waals surface area contributed by atoms with Gasteiger partial charge in [0.2, 0.25) is 11.8 Å². The molecule has 2 amide bonds. The zero-order valence-electron chi connectivity index (χ0n) is 15.4. The van der Waals surface area contributed by atoms with Crippen LogP contribution in [0.15, 0.2) is 53.0 Å². The van der Waals surface area contributed by atoms with E-state index in [1.54, 1.807) is 0 Å². The summed E-state index contributed by atoms with van der Waals surface area (Å²) in [5.74, 6) is 0.206. The van der Waals surface area contributed by atoms with Crippen molar-refractivity contribution in [3.8, 4) is 0 Å². The van der Waals surface area contributed by atoms with E-state index in [-0.39, 0.29) is 11.8 Å². The van der Waals surface area contributed by atoms with Crippen molar-refractivity contribution in [1.29, 1.82) is 0 Å². The lowest BCUT2D eigenvalue weighted by Crippen LogP contribution is -2.36. The highest BCUT2D eigenvalue weighted by atomic mass is 79.9. The number of carbonyl (C=O) groups is 2. The number of rotatable bonds is 7. The number of halogens is 1. The lowest BCUT2D eigenvalue weighted by molar-refractivity contribution is -0.132. The standard InChI is InChI=1S/C22H25BrN2O2/c23-20-9-4-3-7-18(20)11-12-21(26)24-14-5-10-22(27)25-15-13-17-6-1-2-8-19(17)16-25/h1-4,6-9H,5,10-16H2,(H,24,26). The molecule has 5 heteroatoms. The third kappa shape index (κ3) is 5.67. The number of aryl methyl sites for hydroxylation is 1. The predicted molar refractivity (Wildman–Crippen MR) is 110 cm³/mol. The molecule has 0 unspecified atom stereocenters. The molecule has 27 heavy (non-hydrogen) atoms. The fraction of sp³-hybridized carbons (Fsp3) is 0.364. The number of fused-ring (bicyclic) bond motifs is 1. The lowest BCUT2D eigenvalue weighted by Gasteiger charge is -2.29. The molecule has 1 heterocycles. The summed E-state index contributed by atoms with van der Waals surface area (Å²) >= 11 is 3.50. The Kier molecular flexibility index (Phi) is 7.04. The predicted octanol–water partition coefficient (Wildman–Crippen LogP) is 3.86. The number of carbonyl (C=O) groups excluding carboxylic acids is 2. The first-order valence-corrected chi connectivity index (χ1v) is 10.3. The van der Waals surface area contributed by atoms with Gasteiger partial charge in [0.1, 0.15) is 0 Å². The summed E-state index contributed by atoms with van der Waals surface area (Å²) in [5, 5.41) is 2.92. The molecule has 3 rings (SSSR count). The Morgan fingerprint density at radius 1 is 1.00 bits per heavy atom. The first kappa shape index (κ1) is 19.6. The van der Waals surface area contributed by atoms with Crippen molar-refractivity contribution in [2.24, 2.45) is 0 Å². The molecule has 0 saturated carbocycles. The molecule has 0 aliphatic carbocycles.